The van der Waals surface area contributed by atoms with Crippen LogP contribution in [-0.4, -0.2) is 25.8 Å². The van der Waals surface area contributed by atoms with E-state index in [9.17, 15) is 4.79 Å². The Labute approximate surface area is 106 Å². The van der Waals surface area contributed by atoms with Gasteiger partial charge in [-0.1, -0.05) is 23.7 Å². The topological polar surface area (TPSA) is 61.5 Å². The molecule has 94 valence electrons. The minimum Gasteiger partial charge on any atom is -0.464 e. The summed E-state index contributed by atoms with van der Waals surface area (Å²) < 4.78 is 9.88. The average molecular weight is 258 g/mol. The molecule has 0 saturated carbocycles. The first-order valence-electron chi connectivity index (χ1n) is 5.38. The van der Waals surface area contributed by atoms with Gasteiger partial charge in [0.2, 0.25) is 0 Å². The fourth-order valence-corrected chi connectivity index (χ4v) is 1.40. The number of carbonyl (C=O) groups excluding carboxylic acids is 1. The number of esters is 1. The van der Waals surface area contributed by atoms with Crippen molar-refractivity contribution in [2.24, 2.45) is 5.73 Å². The number of ether oxygens (including phenoxy) is 2. The zero-order valence-electron chi connectivity index (χ0n) is 9.69. The van der Waals surface area contributed by atoms with Gasteiger partial charge in [0.1, 0.15) is 6.61 Å². The summed E-state index contributed by atoms with van der Waals surface area (Å²) in [6.07, 6.45) is 0. The number of carbonyl (C=O) groups is 1. The lowest BCUT2D eigenvalue weighted by Gasteiger charge is -2.12. The van der Waals surface area contributed by atoms with E-state index in [0.29, 0.717) is 11.6 Å². The largest absolute Gasteiger partial charge is 0.464 e. The normalized spacial score (nSPS) is 12.2. The van der Waals surface area contributed by atoms with Crippen molar-refractivity contribution in [2.45, 2.75) is 13.0 Å². The average Bonchev–Trinajstić information content (AvgIpc) is 2.30. The molecule has 17 heavy (non-hydrogen) atoms. The highest BCUT2D eigenvalue weighted by Crippen LogP contribution is 2.14. The molecule has 1 aromatic rings. The molecule has 1 unspecified atom stereocenters. The summed E-state index contributed by atoms with van der Waals surface area (Å²) in [4.78, 5) is 11.0. The van der Waals surface area contributed by atoms with Gasteiger partial charge in [-0.3, -0.25) is 0 Å². The fraction of sp³-hybridized carbons (Fsp3) is 0.417. The molecule has 0 heterocycles. The quantitative estimate of drug-likeness (QED) is 0.791. The van der Waals surface area contributed by atoms with Crippen molar-refractivity contribution in [1.29, 1.82) is 0 Å². The van der Waals surface area contributed by atoms with Crippen LogP contribution in [0.5, 0.6) is 0 Å². The molecule has 0 radical (unpaired) electrons. The first-order valence-corrected chi connectivity index (χ1v) is 5.75. The monoisotopic (exact) mass is 257 g/mol. The Balaban J connectivity index is 2.32. The standard InChI is InChI=1S/C12H16ClNO3/c1-2-17-12(15)8-16-7-11(14)9-3-5-10(13)6-4-9/h3-6,11H,2,7-8,14H2,1H3. The van der Waals surface area contributed by atoms with Crippen LogP contribution < -0.4 is 5.73 Å². The van der Waals surface area contributed by atoms with Gasteiger partial charge < -0.3 is 15.2 Å². The number of halogens is 1. The molecule has 0 bridgehead atoms. The number of rotatable bonds is 6. The SMILES string of the molecule is CCOC(=O)COCC(N)c1ccc(Cl)cc1. The molecule has 4 nitrogen and oxygen atoms in total. The minimum absolute atomic E-state index is 0.0743. The Hall–Kier alpha value is -1.10. The van der Waals surface area contributed by atoms with Crippen LogP contribution in [0.1, 0.15) is 18.5 Å². The predicted molar refractivity (Wildman–Crippen MR) is 65.8 cm³/mol. The van der Waals surface area contributed by atoms with E-state index < -0.39 is 0 Å². The molecule has 0 aliphatic carbocycles. The Morgan fingerprint density at radius 1 is 1.41 bits per heavy atom. The Bertz CT molecular complexity index is 353. The lowest BCUT2D eigenvalue weighted by atomic mass is 10.1. The van der Waals surface area contributed by atoms with Crippen LogP contribution in [0.4, 0.5) is 0 Å². The second-order valence-corrected chi connectivity index (χ2v) is 3.91. The van der Waals surface area contributed by atoms with Gasteiger partial charge in [0.15, 0.2) is 0 Å². The number of hydrogen-bond donors (Lipinski definition) is 1. The summed E-state index contributed by atoms with van der Waals surface area (Å²) in [5.74, 6) is -0.379. The predicted octanol–water partition coefficient (Wildman–Crippen LogP) is 1.92. The van der Waals surface area contributed by atoms with E-state index in [4.69, 9.17) is 26.8 Å². The maximum atomic E-state index is 11.0. The van der Waals surface area contributed by atoms with Gasteiger partial charge in [-0.15, -0.1) is 0 Å². The molecule has 0 aliphatic heterocycles. The van der Waals surface area contributed by atoms with E-state index >= 15 is 0 Å². The lowest BCUT2D eigenvalue weighted by molar-refractivity contribution is -0.148. The maximum absolute atomic E-state index is 11.0. The van der Waals surface area contributed by atoms with Crippen LogP contribution in [0.25, 0.3) is 0 Å². The Morgan fingerprint density at radius 2 is 2.06 bits per heavy atom. The van der Waals surface area contributed by atoms with Gasteiger partial charge in [-0.25, -0.2) is 4.79 Å². The minimum atomic E-state index is -0.379. The van der Waals surface area contributed by atoms with Crippen molar-refractivity contribution >= 4 is 17.6 Å². The lowest BCUT2D eigenvalue weighted by Crippen LogP contribution is -2.20. The first kappa shape index (κ1) is 14.0. The maximum Gasteiger partial charge on any atom is 0.332 e. The molecular weight excluding hydrogens is 242 g/mol. The van der Waals surface area contributed by atoms with E-state index in [1.54, 1.807) is 19.1 Å². The van der Waals surface area contributed by atoms with E-state index in [-0.39, 0.29) is 25.2 Å². The second-order valence-electron chi connectivity index (χ2n) is 3.48. The van der Waals surface area contributed by atoms with Crippen molar-refractivity contribution in [3.63, 3.8) is 0 Å². The van der Waals surface area contributed by atoms with Gasteiger partial charge in [0.25, 0.3) is 0 Å². The molecule has 5 heteroatoms. The van der Waals surface area contributed by atoms with Crippen molar-refractivity contribution in [2.75, 3.05) is 19.8 Å². The Kier molecular flexibility index (Phi) is 5.97. The van der Waals surface area contributed by atoms with E-state index in [1.165, 1.54) is 0 Å². The van der Waals surface area contributed by atoms with Gasteiger partial charge in [0, 0.05) is 5.02 Å². The molecule has 0 aromatic heterocycles. The van der Waals surface area contributed by atoms with E-state index in [2.05, 4.69) is 0 Å². The zero-order chi connectivity index (χ0) is 12.7. The second kappa shape index (κ2) is 7.27. The highest BCUT2D eigenvalue weighted by atomic mass is 35.5. The molecule has 1 rings (SSSR count). The fourth-order valence-electron chi connectivity index (χ4n) is 1.28. The molecular formula is C12H16ClNO3. The molecule has 0 aliphatic rings. The first-order chi connectivity index (χ1) is 8.13. The van der Waals surface area contributed by atoms with Crippen molar-refractivity contribution in [1.82, 2.24) is 0 Å². The summed E-state index contributed by atoms with van der Waals surface area (Å²) in [5.41, 5.74) is 6.80. The summed E-state index contributed by atoms with van der Waals surface area (Å²) in [7, 11) is 0. The van der Waals surface area contributed by atoms with Crippen LogP contribution in [0, 0.1) is 0 Å². The van der Waals surface area contributed by atoms with Gasteiger partial charge in [-0.2, -0.15) is 0 Å². The summed E-state index contributed by atoms with van der Waals surface area (Å²) in [6, 6.07) is 6.92. The molecule has 2 N–H and O–H groups in total. The van der Waals surface area contributed by atoms with Crippen LogP contribution in [0.15, 0.2) is 24.3 Å². The molecule has 0 spiro atoms. The third kappa shape index (κ3) is 5.17. The third-order valence-corrected chi connectivity index (χ3v) is 2.37. The number of hydrogen-bond acceptors (Lipinski definition) is 4. The van der Waals surface area contributed by atoms with Crippen LogP contribution >= 0.6 is 11.6 Å². The van der Waals surface area contributed by atoms with Gasteiger partial charge in [0.05, 0.1) is 19.3 Å². The summed E-state index contributed by atoms with van der Waals surface area (Å²) in [5, 5.41) is 0.661. The van der Waals surface area contributed by atoms with Crippen LogP contribution in [0.3, 0.4) is 0 Å². The van der Waals surface area contributed by atoms with E-state index in [1.807, 2.05) is 12.1 Å². The van der Waals surface area contributed by atoms with Crippen molar-refractivity contribution < 1.29 is 14.3 Å². The van der Waals surface area contributed by atoms with E-state index in [0.717, 1.165) is 5.56 Å². The highest BCUT2D eigenvalue weighted by molar-refractivity contribution is 6.30. The van der Waals surface area contributed by atoms with Crippen LogP contribution in [-0.2, 0) is 14.3 Å². The molecule has 1 aromatic carbocycles. The highest BCUT2D eigenvalue weighted by Gasteiger charge is 2.08. The number of nitrogens with two attached hydrogens (primary N) is 1. The van der Waals surface area contributed by atoms with Crippen LogP contribution in [0.2, 0.25) is 5.02 Å². The molecule has 0 amide bonds. The van der Waals surface area contributed by atoms with Crippen molar-refractivity contribution in [3.8, 4) is 0 Å². The number of benzene rings is 1. The van der Waals surface area contributed by atoms with Gasteiger partial charge in [-0.05, 0) is 24.6 Å². The smallest absolute Gasteiger partial charge is 0.332 e. The summed E-state index contributed by atoms with van der Waals surface area (Å²) in [6.45, 7) is 2.29. The molecule has 1 atom stereocenters. The molecule has 0 saturated heterocycles. The summed E-state index contributed by atoms with van der Waals surface area (Å²) >= 11 is 5.76. The van der Waals surface area contributed by atoms with Gasteiger partial charge >= 0.3 is 5.97 Å². The Morgan fingerprint density at radius 3 is 2.65 bits per heavy atom. The zero-order valence-corrected chi connectivity index (χ0v) is 10.4. The third-order valence-electron chi connectivity index (χ3n) is 2.12. The van der Waals surface area contributed by atoms with Crippen molar-refractivity contribution in [3.05, 3.63) is 34.9 Å². The molecule has 0 fully saturated rings.